The quantitative estimate of drug-likeness (QED) is 0.673. The van der Waals surface area contributed by atoms with E-state index < -0.39 is 0 Å². The number of hydrogen-bond donors (Lipinski definition) is 2. The Bertz CT molecular complexity index is 772. The molecule has 0 fully saturated rings. The van der Waals surface area contributed by atoms with Crippen molar-refractivity contribution in [3.8, 4) is 0 Å². The fourth-order valence-corrected chi connectivity index (χ4v) is 3.52. The van der Waals surface area contributed by atoms with Crippen LogP contribution in [-0.4, -0.2) is 11.9 Å². The van der Waals surface area contributed by atoms with Crippen molar-refractivity contribution in [2.75, 3.05) is 0 Å². The summed E-state index contributed by atoms with van der Waals surface area (Å²) in [5.41, 5.74) is 2.26. The highest BCUT2D eigenvalue weighted by atomic mass is 32.1. The van der Waals surface area contributed by atoms with Crippen molar-refractivity contribution in [2.45, 2.75) is 25.6 Å². The number of carbonyl (C=O) groups is 1. The number of benzene rings is 2. The maximum Gasteiger partial charge on any atom is 0.237 e. The lowest BCUT2D eigenvalue weighted by Gasteiger charge is -2.22. The molecule has 25 heavy (non-hydrogen) atoms. The van der Waals surface area contributed by atoms with Crippen LogP contribution < -0.4 is 10.6 Å². The summed E-state index contributed by atoms with van der Waals surface area (Å²) < 4.78 is 0. The topological polar surface area (TPSA) is 41.1 Å². The van der Waals surface area contributed by atoms with E-state index >= 15 is 0 Å². The van der Waals surface area contributed by atoms with Crippen molar-refractivity contribution in [2.24, 2.45) is 0 Å². The summed E-state index contributed by atoms with van der Waals surface area (Å²) in [6.07, 6.45) is 0. The zero-order valence-electron chi connectivity index (χ0n) is 14.2. The number of amides is 1. The van der Waals surface area contributed by atoms with Gasteiger partial charge >= 0.3 is 0 Å². The molecule has 0 saturated carbocycles. The predicted molar refractivity (Wildman–Crippen MR) is 103 cm³/mol. The Hall–Kier alpha value is -2.43. The van der Waals surface area contributed by atoms with Crippen LogP contribution in [0.2, 0.25) is 0 Å². The normalized spacial score (nSPS) is 13.2. The van der Waals surface area contributed by atoms with Crippen LogP contribution in [-0.2, 0) is 11.3 Å². The molecule has 0 saturated heterocycles. The largest absolute Gasteiger partial charge is 0.351 e. The summed E-state index contributed by atoms with van der Waals surface area (Å²) in [7, 11) is 0. The minimum Gasteiger partial charge on any atom is -0.351 e. The van der Waals surface area contributed by atoms with Gasteiger partial charge in [-0.05, 0) is 29.5 Å². The summed E-state index contributed by atoms with van der Waals surface area (Å²) >= 11 is 1.70. The molecule has 2 atom stereocenters. The molecule has 4 heteroatoms. The van der Waals surface area contributed by atoms with E-state index in [1.54, 1.807) is 11.3 Å². The van der Waals surface area contributed by atoms with Gasteiger partial charge in [0.05, 0.1) is 12.1 Å². The first-order valence-corrected chi connectivity index (χ1v) is 9.28. The molecule has 0 aliphatic heterocycles. The van der Waals surface area contributed by atoms with Gasteiger partial charge in [-0.1, -0.05) is 66.7 Å². The molecule has 0 radical (unpaired) electrons. The van der Waals surface area contributed by atoms with Crippen molar-refractivity contribution in [3.05, 3.63) is 94.2 Å². The van der Waals surface area contributed by atoms with E-state index in [1.165, 1.54) is 4.88 Å². The molecular formula is C21H22N2OS. The first-order chi connectivity index (χ1) is 12.2. The molecule has 0 aliphatic rings. The molecule has 128 valence electrons. The zero-order chi connectivity index (χ0) is 17.5. The van der Waals surface area contributed by atoms with Gasteiger partial charge in [-0.25, -0.2) is 0 Å². The third kappa shape index (κ3) is 4.78. The predicted octanol–water partition coefficient (Wildman–Crippen LogP) is 4.13. The Balaban J connectivity index is 1.66. The van der Waals surface area contributed by atoms with Gasteiger partial charge < -0.3 is 5.32 Å². The Morgan fingerprint density at radius 3 is 2.28 bits per heavy atom. The van der Waals surface area contributed by atoms with E-state index in [9.17, 15) is 4.79 Å². The molecule has 1 heterocycles. The number of rotatable bonds is 7. The minimum atomic E-state index is -0.295. The van der Waals surface area contributed by atoms with Gasteiger partial charge in [-0.15, -0.1) is 11.3 Å². The summed E-state index contributed by atoms with van der Waals surface area (Å²) in [5.74, 6) is 0.00124. The van der Waals surface area contributed by atoms with E-state index in [4.69, 9.17) is 0 Å². The van der Waals surface area contributed by atoms with Crippen LogP contribution in [0.4, 0.5) is 0 Å². The van der Waals surface area contributed by atoms with Crippen molar-refractivity contribution in [3.63, 3.8) is 0 Å². The summed E-state index contributed by atoms with van der Waals surface area (Å²) in [6, 6.07) is 24.0. The molecule has 0 spiro atoms. The number of nitrogens with one attached hydrogen (secondary N) is 2. The minimum absolute atomic E-state index is 0.00124. The van der Waals surface area contributed by atoms with Crippen molar-refractivity contribution >= 4 is 17.2 Å². The van der Waals surface area contributed by atoms with E-state index in [0.717, 1.165) is 11.1 Å². The second-order valence-corrected chi connectivity index (χ2v) is 6.93. The molecule has 0 aliphatic carbocycles. The summed E-state index contributed by atoms with van der Waals surface area (Å²) in [6.45, 7) is 2.45. The summed E-state index contributed by atoms with van der Waals surface area (Å²) in [4.78, 5) is 13.7. The highest BCUT2D eigenvalue weighted by Crippen LogP contribution is 2.26. The van der Waals surface area contributed by atoms with Crippen LogP contribution in [0.3, 0.4) is 0 Å². The molecule has 3 rings (SSSR count). The van der Waals surface area contributed by atoms with Crippen molar-refractivity contribution < 1.29 is 4.79 Å². The summed E-state index contributed by atoms with van der Waals surface area (Å²) in [5, 5.41) is 8.54. The second kappa shape index (κ2) is 8.60. The van der Waals surface area contributed by atoms with Crippen LogP contribution >= 0.6 is 11.3 Å². The Morgan fingerprint density at radius 1 is 0.960 bits per heavy atom. The second-order valence-electron chi connectivity index (χ2n) is 5.95. The molecule has 3 nitrogen and oxygen atoms in total. The standard InChI is InChI=1S/C21H22N2OS/c1-16(21(24)22-15-17-9-4-2-5-10-17)23-20(19-13-8-14-25-19)18-11-6-3-7-12-18/h2-14,16,20,23H,15H2,1H3,(H,22,24)/t16-,20-/m1/s1. The first-order valence-electron chi connectivity index (χ1n) is 8.40. The SMILES string of the molecule is C[C@@H](N[C@H](c1ccccc1)c1cccs1)C(=O)NCc1ccccc1. The van der Waals surface area contributed by atoms with E-state index in [1.807, 2.05) is 61.5 Å². The number of thiophene rings is 1. The Labute approximate surface area is 152 Å². The van der Waals surface area contributed by atoms with E-state index in [2.05, 4.69) is 34.2 Å². The van der Waals surface area contributed by atoms with Crippen LogP contribution in [0.25, 0.3) is 0 Å². The highest BCUT2D eigenvalue weighted by Gasteiger charge is 2.21. The molecule has 0 unspecified atom stereocenters. The highest BCUT2D eigenvalue weighted by molar-refractivity contribution is 7.10. The molecular weight excluding hydrogens is 328 g/mol. The Kier molecular flexibility index (Phi) is 5.99. The fraction of sp³-hybridized carbons (Fsp3) is 0.190. The average Bonchev–Trinajstić information content (AvgIpc) is 3.20. The van der Waals surface area contributed by atoms with Crippen LogP contribution in [0.5, 0.6) is 0 Å². The Morgan fingerprint density at radius 2 is 1.64 bits per heavy atom. The van der Waals surface area contributed by atoms with Gasteiger partial charge in [-0.3, -0.25) is 10.1 Å². The van der Waals surface area contributed by atoms with Crippen LogP contribution in [0.15, 0.2) is 78.2 Å². The van der Waals surface area contributed by atoms with Crippen molar-refractivity contribution in [1.29, 1.82) is 0 Å². The molecule has 3 aromatic rings. The average molecular weight is 350 g/mol. The van der Waals surface area contributed by atoms with E-state index in [0.29, 0.717) is 6.54 Å². The number of carbonyl (C=O) groups excluding carboxylic acids is 1. The van der Waals surface area contributed by atoms with Gasteiger partial charge in [0.15, 0.2) is 0 Å². The first kappa shape index (κ1) is 17.4. The third-order valence-electron chi connectivity index (χ3n) is 4.08. The lowest BCUT2D eigenvalue weighted by atomic mass is 10.0. The molecule has 2 aromatic carbocycles. The van der Waals surface area contributed by atoms with Gasteiger partial charge in [0.1, 0.15) is 0 Å². The molecule has 2 N–H and O–H groups in total. The van der Waals surface area contributed by atoms with Crippen LogP contribution in [0, 0.1) is 0 Å². The third-order valence-corrected chi connectivity index (χ3v) is 5.02. The van der Waals surface area contributed by atoms with Gasteiger partial charge in [0, 0.05) is 11.4 Å². The van der Waals surface area contributed by atoms with Crippen LogP contribution in [0.1, 0.15) is 29.0 Å². The molecule has 1 amide bonds. The van der Waals surface area contributed by atoms with Gasteiger partial charge in [0.2, 0.25) is 5.91 Å². The number of hydrogen-bond acceptors (Lipinski definition) is 3. The maximum absolute atomic E-state index is 12.5. The van der Waals surface area contributed by atoms with Crippen molar-refractivity contribution in [1.82, 2.24) is 10.6 Å². The lowest BCUT2D eigenvalue weighted by Crippen LogP contribution is -2.43. The van der Waals surface area contributed by atoms with E-state index in [-0.39, 0.29) is 18.0 Å². The molecule has 0 bridgehead atoms. The van der Waals surface area contributed by atoms with Gasteiger partial charge in [-0.2, -0.15) is 0 Å². The zero-order valence-corrected chi connectivity index (χ0v) is 15.0. The maximum atomic E-state index is 12.5. The fourth-order valence-electron chi connectivity index (χ4n) is 2.71. The lowest BCUT2D eigenvalue weighted by molar-refractivity contribution is -0.123. The monoisotopic (exact) mass is 350 g/mol. The molecule has 1 aromatic heterocycles. The smallest absolute Gasteiger partial charge is 0.237 e. The van der Waals surface area contributed by atoms with Gasteiger partial charge in [0.25, 0.3) is 0 Å².